The Hall–Kier alpha value is -1.78. The van der Waals surface area contributed by atoms with Gasteiger partial charge in [0, 0.05) is 5.57 Å². The largest absolute Gasteiger partial charge is 0.266 e. The van der Waals surface area contributed by atoms with Gasteiger partial charge < -0.3 is 0 Å². The maximum atomic E-state index is 13.0. The van der Waals surface area contributed by atoms with E-state index in [-0.39, 0.29) is 0 Å². The minimum absolute atomic E-state index is 0.483. The number of rotatable bonds is 2. The highest BCUT2D eigenvalue weighted by atomic mass is 19.3. The third kappa shape index (κ3) is 1.86. The first-order valence-electron chi connectivity index (χ1n) is 4.20. The van der Waals surface area contributed by atoms with Gasteiger partial charge in [-0.2, -0.15) is 10.5 Å². The molecule has 0 aromatic heterocycles. The molecule has 0 spiro atoms. The Morgan fingerprint density at radius 2 is 2.00 bits per heavy atom. The van der Waals surface area contributed by atoms with E-state index in [2.05, 4.69) is 10.5 Å². The molecule has 15 heavy (non-hydrogen) atoms. The summed E-state index contributed by atoms with van der Waals surface area (Å²) in [5.74, 6) is -0.902. The highest BCUT2D eigenvalue weighted by Gasteiger charge is 2.15. The summed E-state index contributed by atoms with van der Waals surface area (Å²) in [7, 11) is 0. The lowest BCUT2D eigenvalue weighted by atomic mass is 10.0. The van der Waals surface area contributed by atoms with E-state index >= 15 is 0 Å². The second kappa shape index (κ2) is 3.76. The number of hydrogen-bond donors (Lipinski definition) is 0. The van der Waals surface area contributed by atoms with Crippen LogP contribution in [0.4, 0.5) is 13.2 Å². The van der Waals surface area contributed by atoms with Crippen molar-refractivity contribution in [1.82, 2.24) is 5.43 Å². The maximum absolute atomic E-state index is 13.0. The van der Waals surface area contributed by atoms with Gasteiger partial charge in [0.25, 0.3) is 6.43 Å². The van der Waals surface area contributed by atoms with Crippen molar-refractivity contribution >= 4 is 11.8 Å². The predicted octanol–water partition coefficient (Wildman–Crippen LogP) is 2.71. The molecule has 0 amide bonds. The SMILES string of the molecule is Fc1ccc(C2=C[N]N=C2)cc1C(F)F. The maximum Gasteiger partial charge on any atom is 0.266 e. The summed E-state index contributed by atoms with van der Waals surface area (Å²) in [6.07, 6.45) is 0.0474. The summed E-state index contributed by atoms with van der Waals surface area (Å²) in [5, 5.41) is 3.56. The first kappa shape index (κ1) is 9.76. The average molecular weight is 211 g/mol. The van der Waals surface area contributed by atoms with E-state index in [4.69, 9.17) is 0 Å². The monoisotopic (exact) mass is 211 g/mol. The fourth-order valence-electron chi connectivity index (χ4n) is 1.26. The van der Waals surface area contributed by atoms with Crippen LogP contribution >= 0.6 is 0 Å². The van der Waals surface area contributed by atoms with Gasteiger partial charge in [0.15, 0.2) is 0 Å². The minimum Gasteiger partial charge on any atom is -0.206 e. The Labute approximate surface area is 84.1 Å². The van der Waals surface area contributed by atoms with E-state index in [1.165, 1.54) is 18.5 Å². The van der Waals surface area contributed by atoms with E-state index in [1.807, 2.05) is 0 Å². The van der Waals surface area contributed by atoms with Crippen molar-refractivity contribution in [3.63, 3.8) is 0 Å². The first-order chi connectivity index (χ1) is 7.18. The lowest BCUT2D eigenvalue weighted by molar-refractivity contribution is 0.146. The number of alkyl halides is 2. The highest BCUT2D eigenvalue weighted by molar-refractivity contribution is 6.10. The molecular weight excluding hydrogens is 205 g/mol. The fraction of sp³-hybridized carbons (Fsp3) is 0.100. The Bertz CT molecular complexity index is 438. The van der Waals surface area contributed by atoms with Gasteiger partial charge in [-0.15, -0.1) is 0 Å². The van der Waals surface area contributed by atoms with Crippen LogP contribution < -0.4 is 5.43 Å². The van der Waals surface area contributed by atoms with Crippen LogP contribution in [0.5, 0.6) is 0 Å². The van der Waals surface area contributed by atoms with Gasteiger partial charge in [-0.05, 0) is 17.7 Å². The van der Waals surface area contributed by atoms with Crippen LogP contribution in [0.3, 0.4) is 0 Å². The molecule has 0 saturated heterocycles. The molecule has 1 heterocycles. The van der Waals surface area contributed by atoms with Crippen LogP contribution in [0.2, 0.25) is 0 Å². The van der Waals surface area contributed by atoms with E-state index in [0.717, 1.165) is 12.1 Å². The van der Waals surface area contributed by atoms with E-state index in [0.29, 0.717) is 11.1 Å². The molecule has 5 heteroatoms. The number of allylic oxidation sites excluding steroid dienone is 1. The molecular formula is C10H6F3N2. The summed E-state index contributed by atoms with van der Waals surface area (Å²) in [6.45, 7) is 0. The van der Waals surface area contributed by atoms with Gasteiger partial charge in [-0.1, -0.05) is 6.07 Å². The molecule has 0 bridgehead atoms. The third-order valence-electron chi connectivity index (χ3n) is 2.02. The van der Waals surface area contributed by atoms with Gasteiger partial charge in [0.1, 0.15) is 5.82 Å². The van der Waals surface area contributed by atoms with Crippen LogP contribution in [-0.2, 0) is 0 Å². The Morgan fingerprint density at radius 1 is 1.20 bits per heavy atom. The molecule has 0 aliphatic carbocycles. The van der Waals surface area contributed by atoms with E-state index in [9.17, 15) is 13.2 Å². The van der Waals surface area contributed by atoms with Crippen molar-refractivity contribution in [1.29, 1.82) is 0 Å². The second-order valence-corrected chi connectivity index (χ2v) is 2.98. The lowest BCUT2D eigenvalue weighted by Gasteiger charge is -2.04. The Kier molecular flexibility index (Phi) is 2.45. The molecule has 0 saturated carbocycles. The molecule has 1 radical (unpaired) electrons. The van der Waals surface area contributed by atoms with Gasteiger partial charge in [0.2, 0.25) is 0 Å². The Balaban J connectivity index is 2.42. The standard InChI is InChI=1S/C10H6F3N2/c11-9-2-1-6(3-8(9)10(12)13)7-4-14-15-5-7/h1-5,10H. The fourth-order valence-corrected chi connectivity index (χ4v) is 1.26. The topological polar surface area (TPSA) is 26.5 Å². The van der Waals surface area contributed by atoms with Gasteiger partial charge >= 0.3 is 0 Å². The molecule has 0 fully saturated rings. The summed E-state index contributed by atoms with van der Waals surface area (Å²) >= 11 is 0. The normalized spacial score (nSPS) is 14.3. The highest BCUT2D eigenvalue weighted by Crippen LogP contribution is 2.25. The van der Waals surface area contributed by atoms with Gasteiger partial charge in [0.05, 0.1) is 18.0 Å². The zero-order valence-corrected chi connectivity index (χ0v) is 7.49. The zero-order valence-electron chi connectivity index (χ0n) is 7.49. The van der Waals surface area contributed by atoms with Crippen LogP contribution in [0.25, 0.3) is 5.57 Å². The quantitative estimate of drug-likeness (QED) is 0.719. The molecule has 77 valence electrons. The zero-order chi connectivity index (χ0) is 10.8. The first-order valence-corrected chi connectivity index (χ1v) is 4.20. The molecule has 1 aliphatic rings. The van der Waals surface area contributed by atoms with Crippen molar-refractivity contribution in [2.45, 2.75) is 6.43 Å². The van der Waals surface area contributed by atoms with Crippen LogP contribution in [-0.4, -0.2) is 6.21 Å². The molecule has 1 aromatic carbocycles. The Morgan fingerprint density at radius 3 is 2.60 bits per heavy atom. The molecule has 2 rings (SSSR count). The second-order valence-electron chi connectivity index (χ2n) is 2.98. The number of benzene rings is 1. The predicted molar refractivity (Wildman–Crippen MR) is 50.0 cm³/mol. The average Bonchev–Trinajstić information content (AvgIpc) is 2.71. The van der Waals surface area contributed by atoms with Crippen LogP contribution in [0.1, 0.15) is 17.6 Å². The molecule has 1 aromatic rings. The number of halogens is 3. The van der Waals surface area contributed by atoms with Gasteiger partial charge in [-0.25, -0.2) is 13.2 Å². The minimum atomic E-state index is -2.82. The lowest BCUT2D eigenvalue weighted by Crippen LogP contribution is -1.93. The van der Waals surface area contributed by atoms with Crippen molar-refractivity contribution in [2.75, 3.05) is 0 Å². The summed E-state index contributed by atoms with van der Waals surface area (Å²) in [5.41, 5.74) is 4.04. The number of hydrogen-bond acceptors (Lipinski definition) is 1. The van der Waals surface area contributed by atoms with Crippen molar-refractivity contribution in [3.05, 3.63) is 41.3 Å². The molecule has 0 unspecified atom stereocenters. The van der Waals surface area contributed by atoms with Gasteiger partial charge in [-0.3, -0.25) is 0 Å². The summed E-state index contributed by atoms with van der Waals surface area (Å²) in [6, 6.07) is 3.54. The van der Waals surface area contributed by atoms with Crippen molar-refractivity contribution in [3.8, 4) is 0 Å². The summed E-state index contributed by atoms with van der Waals surface area (Å²) < 4.78 is 37.7. The molecule has 0 atom stereocenters. The summed E-state index contributed by atoms with van der Waals surface area (Å²) in [4.78, 5) is 0. The van der Waals surface area contributed by atoms with Crippen LogP contribution in [0, 0.1) is 5.82 Å². The third-order valence-corrected chi connectivity index (χ3v) is 2.02. The molecule has 2 nitrogen and oxygen atoms in total. The van der Waals surface area contributed by atoms with Crippen molar-refractivity contribution in [2.24, 2.45) is 5.10 Å². The van der Waals surface area contributed by atoms with Crippen molar-refractivity contribution < 1.29 is 13.2 Å². The smallest absolute Gasteiger partial charge is 0.206 e. The van der Waals surface area contributed by atoms with Crippen LogP contribution in [0.15, 0.2) is 29.5 Å². The molecule has 0 N–H and O–H groups in total. The van der Waals surface area contributed by atoms with E-state index < -0.39 is 17.8 Å². The number of nitrogens with zero attached hydrogens (tertiary/aromatic N) is 2. The molecule has 1 aliphatic heterocycles. The van der Waals surface area contributed by atoms with E-state index in [1.54, 1.807) is 0 Å².